The van der Waals surface area contributed by atoms with E-state index < -0.39 is 108 Å². The number of phenols is 1. The fourth-order valence-corrected chi connectivity index (χ4v) is 5.50. The molecule has 2 aromatic carbocycles. The van der Waals surface area contributed by atoms with E-state index in [0.29, 0.717) is 11.1 Å². The number of carbonyl (C=O) groups is 8. The van der Waals surface area contributed by atoms with Gasteiger partial charge >= 0.3 is 5.97 Å². The number of nitrogens with two attached hydrogens (primary N) is 2. The molecule has 0 bridgehead atoms. The van der Waals surface area contributed by atoms with E-state index >= 15 is 0 Å². The number of benzene rings is 2. The third-order valence-corrected chi connectivity index (χ3v) is 8.94. The van der Waals surface area contributed by atoms with Crippen LogP contribution in [0.4, 0.5) is 0 Å². The second kappa shape index (κ2) is 22.1. The van der Waals surface area contributed by atoms with Crippen molar-refractivity contribution in [3.05, 3.63) is 64.1 Å². The zero-order valence-corrected chi connectivity index (χ0v) is 33.3. The SMILES string of the molecule is CC(C)[C@H](NC(=O)[C@H](CC(=O)O)NC(=O)[C@H](Cc1ccc(Br)cc1)NC(=O)[C@@H](C)NC(=O)[C@@H](N)Cc1ccc(O)cc1)C(=O)N[C@H](C(=O)NCC(N)=O)C(C)C. The Morgan fingerprint density at radius 2 is 1.11 bits per heavy atom. The van der Waals surface area contributed by atoms with Crippen molar-refractivity contribution in [3.8, 4) is 5.75 Å². The molecular formula is C37H51BrN8O10. The van der Waals surface area contributed by atoms with Crippen molar-refractivity contribution in [2.75, 3.05) is 6.54 Å². The Morgan fingerprint density at radius 3 is 1.64 bits per heavy atom. The van der Waals surface area contributed by atoms with E-state index in [0.717, 1.165) is 4.47 Å². The molecule has 12 N–H and O–H groups in total. The van der Waals surface area contributed by atoms with Gasteiger partial charge in [-0.2, -0.15) is 0 Å². The lowest BCUT2D eigenvalue weighted by atomic mass is 9.99. The monoisotopic (exact) mass is 846 g/mol. The molecule has 0 aliphatic rings. The molecule has 0 unspecified atom stereocenters. The Hall–Kier alpha value is -5.56. The molecule has 18 nitrogen and oxygen atoms in total. The largest absolute Gasteiger partial charge is 0.508 e. The minimum Gasteiger partial charge on any atom is -0.508 e. The van der Waals surface area contributed by atoms with Gasteiger partial charge in [-0.1, -0.05) is 67.9 Å². The van der Waals surface area contributed by atoms with Gasteiger partial charge in [0, 0.05) is 10.9 Å². The summed E-state index contributed by atoms with van der Waals surface area (Å²) in [5.41, 5.74) is 12.4. The summed E-state index contributed by atoms with van der Waals surface area (Å²) in [4.78, 5) is 103. The summed E-state index contributed by atoms with van der Waals surface area (Å²) >= 11 is 3.33. The van der Waals surface area contributed by atoms with Gasteiger partial charge in [-0.15, -0.1) is 0 Å². The Labute approximate surface area is 332 Å². The number of rotatable bonds is 21. The Morgan fingerprint density at radius 1 is 0.625 bits per heavy atom. The van der Waals surface area contributed by atoms with E-state index in [2.05, 4.69) is 47.8 Å². The number of carbonyl (C=O) groups excluding carboxylic acids is 7. The second-order valence-corrected chi connectivity index (χ2v) is 14.8. The van der Waals surface area contributed by atoms with Crippen LogP contribution in [-0.2, 0) is 51.2 Å². The number of nitrogens with one attached hydrogen (secondary N) is 6. The van der Waals surface area contributed by atoms with Crippen LogP contribution in [-0.4, -0.2) is 100 Å². The fourth-order valence-electron chi connectivity index (χ4n) is 5.23. The maximum Gasteiger partial charge on any atom is 0.305 e. The first-order chi connectivity index (χ1) is 26.2. The van der Waals surface area contributed by atoms with Crippen LogP contribution in [0.1, 0.15) is 52.2 Å². The van der Waals surface area contributed by atoms with Crippen LogP contribution in [0.5, 0.6) is 5.75 Å². The lowest BCUT2D eigenvalue weighted by Crippen LogP contribution is -2.61. The van der Waals surface area contributed by atoms with Gasteiger partial charge < -0.3 is 53.6 Å². The quantitative estimate of drug-likeness (QED) is 0.0735. The first-order valence-electron chi connectivity index (χ1n) is 17.8. The first kappa shape index (κ1) is 46.6. The van der Waals surface area contributed by atoms with Crippen LogP contribution in [0.25, 0.3) is 0 Å². The van der Waals surface area contributed by atoms with Crippen LogP contribution in [0, 0.1) is 11.8 Å². The molecule has 0 aliphatic heterocycles. The van der Waals surface area contributed by atoms with Gasteiger partial charge in [0.2, 0.25) is 41.4 Å². The van der Waals surface area contributed by atoms with Gasteiger partial charge in [0.1, 0.15) is 36.0 Å². The molecule has 306 valence electrons. The maximum absolute atomic E-state index is 13.8. The van der Waals surface area contributed by atoms with Crippen LogP contribution in [0.3, 0.4) is 0 Å². The fraction of sp³-hybridized carbons (Fsp3) is 0.459. The second-order valence-electron chi connectivity index (χ2n) is 13.9. The Bertz CT molecular complexity index is 1720. The van der Waals surface area contributed by atoms with E-state index in [-0.39, 0.29) is 18.6 Å². The molecule has 0 aliphatic carbocycles. The van der Waals surface area contributed by atoms with Gasteiger partial charge in [-0.05, 0) is 60.6 Å². The molecule has 2 aromatic rings. The normalized spacial score (nSPS) is 14.2. The summed E-state index contributed by atoms with van der Waals surface area (Å²) in [7, 11) is 0. The highest BCUT2D eigenvalue weighted by atomic mass is 79.9. The number of amides is 7. The standard InChI is InChI=1S/C37H51BrN8O10/c1-18(2)30(36(55)41-17-28(40)48)46-37(56)31(19(3)4)45-35(54)27(16-29(49)50)44-34(53)26(15-22-6-10-23(38)11-7-22)43-32(51)20(5)42-33(52)25(39)14-21-8-12-24(47)13-9-21/h6-13,18-20,25-27,30-31,47H,14-17,39H2,1-5H3,(H2,40,48)(H,41,55)(H,42,52)(H,43,51)(H,44,53)(H,45,54)(H,46,56)(H,49,50)/t20-,25+,26+,27+,30+,31+/m1/s1. The van der Waals surface area contributed by atoms with Gasteiger partial charge in [0.05, 0.1) is 19.0 Å². The van der Waals surface area contributed by atoms with Gasteiger partial charge in [0.15, 0.2) is 0 Å². The van der Waals surface area contributed by atoms with Crippen LogP contribution in [0.2, 0.25) is 0 Å². The summed E-state index contributed by atoms with van der Waals surface area (Å²) in [5, 5.41) is 33.9. The summed E-state index contributed by atoms with van der Waals surface area (Å²) in [6, 6.07) is 5.05. The van der Waals surface area contributed by atoms with Crippen molar-refractivity contribution in [3.63, 3.8) is 0 Å². The molecule has 0 fully saturated rings. The number of primary amides is 1. The van der Waals surface area contributed by atoms with Crippen molar-refractivity contribution in [2.24, 2.45) is 23.3 Å². The number of aromatic hydroxyl groups is 1. The highest BCUT2D eigenvalue weighted by Gasteiger charge is 2.35. The average molecular weight is 848 g/mol. The lowest BCUT2D eigenvalue weighted by molar-refractivity contribution is -0.141. The molecule has 19 heteroatoms. The predicted molar refractivity (Wildman–Crippen MR) is 207 cm³/mol. The third kappa shape index (κ3) is 15.7. The number of aliphatic carboxylic acids is 1. The minimum atomic E-state index is -1.73. The molecule has 0 saturated heterocycles. The maximum atomic E-state index is 13.8. The van der Waals surface area contributed by atoms with Gasteiger partial charge in [0.25, 0.3) is 0 Å². The van der Waals surface area contributed by atoms with E-state index in [4.69, 9.17) is 11.5 Å². The Kier molecular flexibility index (Phi) is 18.4. The van der Waals surface area contributed by atoms with E-state index in [1.165, 1.54) is 19.1 Å². The van der Waals surface area contributed by atoms with Crippen molar-refractivity contribution >= 4 is 63.2 Å². The average Bonchev–Trinajstić information content (AvgIpc) is 3.12. The molecule has 0 saturated carbocycles. The van der Waals surface area contributed by atoms with Crippen LogP contribution >= 0.6 is 15.9 Å². The molecule has 0 spiro atoms. The van der Waals surface area contributed by atoms with Gasteiger partial charge in [-0.3, -0.25) is 38.4 Å². The third-order valence-electron chi connectivity index (χ3n) is 8.41. The predicted octanol–water partition coefficient (Wildman–Crippen LogP) is -0.901. The van der Waals surface area contributed by atoms with Crippen molar-refractivity contribution in [2.45, 2.75) is 90.1 Å². The Balaban J connectivity index is 2.26. The van der Waals surface area contributed by atoms with Crippen molar-refractivity contribution in [1.29, 1.82) is 0 Å². The minimum absolute atomic E-state index is 0.0406. The number of carboxylic acids is 1. The number of halogens is 1. The zero-order chi connectivity index (χ0) is 42.3. The van der Waals surface area contributed by atoms with E-state index in [1.54, 1.807) is 64.1 Å². The molecule has 0 heterocycles. The summed E-state index contributed by atoms with van der Waals surface area (Å²) in [6.07, 6.45) is -0.913. The molecular weight excluding hydrogens is 796 g/mol. The number of carboxylic acid groups (broad SMARTS) is 1. The summed E-state index contributed by atoms with van der Waals surface area (Å²) in [5.74, 6) is -8.17. The first-order valence-corrected chi connectivity index (χ1v) is 18.5. The molecule has 7 amide bonds. The van der Waals surface area contributed by atoms with E-state index in [1.807, 2.05) is 0 Å². The molecule has 0 radical (unpaired) electrons. The smallest absolute Gasteiger partial charge is 0.305 e. The van der Waals surface area contributed by atoms with Crippen LogP contribution < -0.4 is 43.4 Å². The topological polar surface area (TPSA) is 301 Å². The van der Waals surface area contributed by atoms with E-state index in [9.17, 15) is 48.6 Å². The molecule has 0 aromatic heterocycles. The highest BCUT2D eigenvalue weighted by molar-refractivity contribution is 9.10. The van der Waals surface area contributed by atoms with Crippen LogP contribution in [0.15, 0.2) is 53.0 Å². The summed E-state index contributed by atoms with van der Waals surface area (Å²) < 4.78 is 0.735. The zero-order valence-electron chi connectivity index (χ0n) is 31.8. The number of phenolic OH excluding ortho intramolecular Hbond substituents is 1. The van der Waals surface area contributed by atoms with Gasteiger partial charge in [-0.25, -0.2) is 0 Å². The number of hydrogen-bond acceptors (Lipinski definition) is 10. The summed E-state index contributed by atoms with van der Waals surface area (Å²) in [6.45, 7) is 7.38. The van der Waals surface area contributed by atoms with Crippen molar-refractivity contribution < 1.29 is 48.6 Å². The molecule has 56 heavy (non-hydrogen) atoms. The molecule has 6 atom stereocenters. The molecule has 2 rings (SSSR count). The highest BCUT2D eigenvalue weighted by Crippen LogP contribution is 2.14. The lowest BCUT2D eigenvalue weighted by Gasteiger charge is -2.29. The van der Waals surface area contributed by atoms with Crippen molar-refractivity contribution in [1.82, 2.24) is 31.9 Å². The number of hydrogen-bond donors (Lipinski definition) is 10.